The van der Waals surface area contributed by atoms with Crippen molar-refractivity contribution >= 4 is 23.0 Å². The van der Waals surface area contributed by atoms with Gasteiger partial charge in [-0.25, -0.2) is 9.78 Å². The van der Waals surface area contributed by atoms with E-state index in [2.05, 4.69) is 24.9 Å². The van der Waals surface area contributed by atoms with Crippen LogP contribution in [0, 0.1) is 13.8 Å². The molecule has 112 valence electrons. The van der Waals surface area contributed by atoms with Crippen LogP contribution in [0.4, 0.5) is 5.95 Å². The van der Waals surface area contributed by atoms with E-state index in [0.717, 1.165) is 16.6 Å². The molecule has 1 aromatic heterocycles. The summed E-state index contributed by atoms with van der Waals surface area (Å²) >= 11 is 0. The van der Waals surface area contributed by atoms with Crippen LogP contribution in [-0.4, -0.2) is 20.6 Å². The van der Waals surface area contributed by atoms with Crippen LogP contribution in [0.1, 0.15) is 27.0 Å². The number of aromatic nitrogens is 2. The summed E-state index contributed by atoms with van der Waals surface area (Å²) < 4.78 is 1.94. The minimum Gasteiger partial charge on any atom is -0.478 e. The highest BCUT2D eigenvalue weighted by atomic mass is 16.4. The van der Waals surface area contributed by atoms with Crippen LogP contribution in [0.25, 0.3) is 11.0 Å². The molecule has 3 rings (SSSR count). The molecule has 0 saturated heterocycles. The van der Waals surface area contributed by atoms with E-state index in [4.69, 9.17) is 10.8 Å². The average molecular weight is 295 g/mol. The van der Waals surface area contributed by atoms with Crippen LogP contribution in [0.15, 0.2) is 36.4 Å². The summed E-state index contributed by atoms with van der Waals surface area (Å²) in [5.74, 6) is -0.465. The maximum Gasteiger partial charge on any atom is 0.335 e. The molecule has 0 atom stereocenters. The first-order chi connectivity index (χ1) is 10.5. The fraction of sp³-hybridized carbons (Fsp3) is 0.176. The van der Waals surface area contributed by atoms with Crippen LogP contribution < -0.4 is 5.73 Å². The minimum absolute atomic E-state index is 0.277. The molecular weight excluding hydrogens is 278 g/mol. The average Bonchev–Trinajstić information content (AvgIpc) is 2.76. The van der Waals surface area contributed by atoms with Gasteiger partial charge in [-0.1, -0.05) is 12.1 Å². The van der Waals surface area contributed by atoms with Crippen molar-refractivity contribution in [3.8, 4) is 0 Å². The Bertz CT molecular complexity index is 864. The molecule has 0 saturated carbocycles. The Balaban J connectivity index is 2.01. The van der Waals surface area contributed by atoms with Gasteiger partial charge < -0.3 is 15.4 Å². The quantitative estimate of drug-likeness (QED) is 0.778. The highest BCUT2D eigenvalue weighted by Crippen LogP contribution is 2.23. The van der Waals surface area contributed by atoms with Crippen LogP contribution in [0.2, 0.25) is 0 Å². The number of anilines is 1. The summed E-state index contributed by atoms with van der Waals surface area (Å²) in [4.78, 5) is 15.3. The van der Waals surface area contributed by atoms with Gasteiger partial charge in [-0.3, -0.25) is 0 Å². The summed E-state index contributed by atoms with van der Waals surface area (Å²) in [6, 6.07) is 10.9. The third-order valence-corrected chi connectivity index (χ3v) is 3.93. The topological polar surface area (TPSA) is 81.1 Å². The predicted molar refractivity (Wildman–Crippen MR) is 86.1 cm³/mol. The SMILES string of the molecule is Cc1cc2nc(N)n(Cc3ccc(C(=O)O)cc3)c2cc1C. The summed E-state index contributed by atoms with van der Waals surface area (Å²) in [6.07, 6.45) is 0. The summed E-state index contributed by atoms with van der Waals surface area (Å²) in [5, 5.41) is 8.94. The third-order valence-electron chi connectivity index (χ3n) is 3.93. The van der Waals surface area contributed by atoms with Crippen molar-refractivity contribution < 1.29 is 9.90 Å². The molecule has 0 amide bonds. The first kappa shape index (κ1) is 14.1. The fourth-order valence-corrected chi connectivity index (χ4v) is 2.50. The monoisotopic (exact) mass is 295 g/mol. The highest BCUT2D eigenvalue weighted by molar-refractivity contribution is 5.87. The van der Waals surface area contributed by atoms with Crippen LogP contribution >= 0.6 is 0 Å². The molecule has 5 heteroatoms. The molecule has 1 heterocycles. The van der Waals surface area contributed by atoms with Crippen molar-refractivity contribution in [2.24, 2.45) is 0 Å². The van der Waals surface area contributed by atoms with Crippen LogP contribution in [-0.2, 0) is 6.54 Å². The molecule has 0 bridgehead atoms. The number of benzene rings is 2. The first-order valence-electron chi connectivity index (χ1n) is 7.01. The number of carbonyl (C=O) groups is 1. The van der Waals surface area contributed by atoms with Gasteiger partial charge in [0.05, 0.1) is 23.1 Å². The molecule has 0 spiro atoms. The lowest BCUT2D eigenvalue weighted by Gasteiger charge is -2.08. The molecule has 2 aromatic carbocycles. The maximum atomic E-state index is 10.9. The highest BCUT2D eigenvalue weighted by Gasteiger charge is 2.10. The molecule has 0 aliphatic rings. The fourth-order valence-electron chi connectivity index (χ4n) is 2.50. The number of carboxylic acids is 1. The number of aromatic carboxylic acids is 1. The normalized spacial score (nSPS) is 11.0. The molecule has 0 aliphatic carbocycles. The van der Waals surface area contributed by atoms with E-state index in [1.165, 1.54) is 11.1 Å². The maximum absolute atomic E-state index is 10.9. The number of imidazole rings is 1. The summed E-state index contributed by atoms with van der Waals surface area (Å²) in [6.45, 7) is 4.67. The van der Waals surface area contributed by atoms with Crippen molar-refractivity contribution in [2.45, 2.75) is 20.4 Å². The Morgan fingerprint density at radius 2 is 1.82 bits per heavy atom. The number of fused-ring (bicyclic) bond motifs is 1. The zero-order chi connectivity index (χ0) is 15.9. The molecule has 5 nitrogen and oxygen atoms in total. The van der Waals surface area contributed by atoms with Crippen molar-refractivity contribution in [3.05, 3.63) is 58.7 Å². The third kappa shape index (κ3) is 2.41. The Hall–Kier alpha value is -2.82. The largest absolute Gasteiger partial charge is 0.478 e. The summed E-state index contributed by atoms with van der Waals surface area (Å²) in [5.41, 5.74) is 11.5. The minimum atomic E-state index is -0.926. The lowest BCUT2D eigenvalue weighted by molar-refractivity contribution is 0.0697. The number of hydrogen-bond acceptors (Lipinski definition) is 3. The zero-order valence-corrected chi connectivity index (χ0v) is 12.5. The van der Waals surface area contributed by atoms with Gasteiger partial charge in [0.1, 0.15) is 0 Å². The van der Waals surface area contributed by atoms with Crippen LogP contribution in [0.3, 0.4) is 0 Å². The first-order valence-corrected chi connectivity index (χ1v) is 7.01. The van der Waals surface area contributed by atoms with Crippen molar-refractivity contribution in [3.63, 3.8) is 0 Å². The number of nitrogen functional groups attached to an aromatic ring is 1. The van der Waals surface area contributed by atoms with Crippen LogP contribution in [0.5, 0.6) is 0 Å². The van der Waals surface area contributed by atoms with Gasteiger partial charge in [-0.2, -0.15) is 0 Å². The van der Waals surface area contributed by atoms with Gasteiger partial charge >= 0.3 is 5.97 Å². The van der Waals surface area contributed by atoms with E-state index < -0.39 is 5.97 Å². The molecule has 22 heavy (non-hydrogen) atoms. The number of hydrogen-bond donors (Lipinski definition) is 2. The van der Waals surface area contributed by atoms with E-state index in [-0.39, 0.29) is 5.56 Å². The van der Waals surface area contributed by atoms with Gasteiger partial charge in [0, 0.05) is 0 Å². The van der Waals surface area contributed by atoms with Crippen molar-refractivity contribution in [2.75, 3.05) is 5.73 Å². The van der Waals surface area contributed by atoms with E-state index in [9.17, 15) is 4.79 Å². The summed E-state index contributed by atoms with van der Waals surface area (Å²) in [7, 11) is 0. The smallest absolute Gasteiger partial charge is 0.335 e. The molecule has 3 N–H and O–H groups in total. The Morgan fingerprint density at radius 3 is 2.45 bits per heavy atom. The van der Waals surface area contributed by atoms with Crippen molar-refractivity contribution in [1.29, 1.82) is 0 Å². The van der Waals surface area contributed by atoms with Gasteiger partial charge in [0.25, 0.3) is 0 Å². The van der Waals surface area contributed by atoms with Gasteiger partial charge in [0.15, 0.2) is 0 Å². The standard InChI is InChI=1S/C17H17N3O2/c1-10-7-14-15(8-11(10)2)20(17(18)19-14)9-12-3-5-13(6-4-12)16(21)22/h3-8H,9H2,1-2H3,(H2,18,19)(H,21,22). The number of nitrogens with two attached hydrogens (primary N) is 1. The lowest BCUT2D eigenvalue weighted by atomic mass is 10.1. The van der Waals surface area contributed by atoms with E-state index in [0.29, 0.717) is 12.5 Å². The lowest BCUT2D eigenvalue weighted by Crippen LogP contribution is -2.05. The predicted octanol–water partition coefficient (Wildman–Crippen LogP) is 2.98. The molecule has 3 aromatic rings. The van der Waals surface area contributed by atoms with Gasteiger partial charge in [-0.05, 0) is 54.8 Å². The zero-order valence-electron chi connectivity index (χ0n) is 12.5. The molecule has 0 radical (unpaired) electrons. The number of nitrogens with zero attached hydrogens (tertiary/aromatic N) is 2. The number of rotatable bonds is 3. The number of carboxylic acid groups (broad SMARTS) is 1. The van der Waals surface area contributed by atoms with Crippen molar-refractivity contribution in [1.82, 2.24) is 9.55 Å². The molecular formula is C17H17N3O2. The Morgan fingerprint density at radius 1 is 1.18 bits per heavy atom. The van der Waals surface area contributed by atoms with E-state index >= 15 is 0 Å². The van der Waals surface area contributed by atoms with E-state index in [1.54, 1.807) is 24.3 Å². The second-order valence-corrected chi connectivity index (χ2v) is 5.48. The molecule has 0 aliphatic heterocycles. The van der Waals surface area contributed by atoms with Gasteiger partial charge in [0.2, 0.25) is 5.95 Å². The second kappa shape index (κ2) is 5.18. The Labute approximate surface area is 128 Å². The van der Waals surface area contributed by atoms with E-state index in [1.807, 2.05) is 10.6 Å². The second-order valence-electron chi connectivity index (χ2n) is 5.48. The molecule has 0 fully saturated rings. The molecule has 0 unspecified atom stereocenters. The Kier molecular flexibility index (Phi) is 3.33. The number of aryl methyl sites for hydroxylation is 2. The van der Waals surface area contributed by atoms with Gasteiger partial charge in [-0.15, -0.1) is 0 Å².